The van der Waals surface area contributed by atoms with E-state index < -0.39 is 11.5 Å². The SMILES string of the molecule is CC.Cc1ccc(N=C/C(=C\N)C(C)C(=O)OC(C)(C)C)cc1Cl. The Morgan fingerprint density at radius 2 is 1.92 bits per heavy atom. The van der Waals surface area contributed by atoms with Crippen molar-refractivity contribution in [3.63, 3.8) is 0 Å². The van der Waals surface area contributed by atoms with Crippen LogP contribution >= 0.6 is 11.6 Å². The molecule has 0 fully saturated rings. The summed E-state index contributed by atoms with van der Waals surface area (Å²) in [5.74, 6) is -0.827. The van der Waals surface area contributed by atoms with Crippen LogP contribution in [-0.2, 0) is 9.53 Å². The number of hydrogen-bond acceptors (Lipinski definition) is 4. The Balaban J connectivity index is 0.00000254. The minimum Gasteiger partial charge on any atom is -0.460 e. The predicted octanol–water partition coefficient (Wildman–Crippen LogP) is 5.20. The van der Waals surface area contributed by atoms with Gasteiger partial charge in [0.1, 0.15) is 5.60 Å². The number of rotatable bonds is 4. The van der Waals surface area contributed by atoms with E-state index in [1.807, 2.05) is 53.7 Å². The van der Waals surface area contributed by atoms with Crippen molar-refractivity contribution in [2.24, 2.45) is 16.6 Å². The van der Waals surface area contributed by atoms with Gasteiger partial charge in [-0.05, 0) is 64.1 Å². The predicted molar refractivity (Wildman–Crippen MR) is 103 cm³/mol. The number of esters is 1. The van der Waals surface area contributed by atoms with Gasteiger partial charge >= 0.3 is 5.97 Å². The molecule has 1 unspecified atom stereocenters. The number of nitrogens with two attached hydrogens (primary N) is 1. The molecule has 0 aromatic heterocycles. The van der Waals surface area contributed by atoms with Crippen molar-refractivity contribution in [2.75, 3.05) is 0 Å². The fourth-order valence-electron chi connectivity index (χ4n) is 1.64. The molecule has 2 N–H and O–H groups in total. The fourth-order valence-corrected chi connectivity index (χ4v) is 1.81. The summed E-state index contributed by atoms with van der Waals surface area (Å²) in [5, 5.41) is 0.646. The van der Waals surface area contributed by atoms with Crippen LogP contribution < -0.4 is 5.73 Å². The van der Waals surface area contributed by atoms with Crippen molar-refractivity contribution in [2.45, 2.75) is 54.1 Å². The van der Waals surface area contributed by atoms with Crippen LogP contribution in [0.2, 0.25) is 5.02 Å². The molecule has 5 heteroatoms. The van der Waals surface area contributed by atoms with Gasteiger partial charge < -0.3 is 10.5 Å². The van der Waals surface area contributed by atoms with Crippen LogP contribution in [0.25, 0.3) is 0 Å². The van der Waals surface area contributed by atoms with E-state index in [0.717, 1.165) is 5.56 Å². The molecular formula is C19H29ClN2O2. The second-order valence-corrected chi connectivity index (χ2v) is 6.52. The first-order valence-corrected chi connectivity index (χ1v) is 8.46. The number of ether oxygens (including phenoxy) is 1. The van der Waals surface area contributed by atoms with Gasteiger partial charge in [0.25, 0.3) is 0 Å². The Morgan fingerprint density at radius 3 is 2.38 bits per heavy atom. The summed E-state index contributed by atoms with van der Waals surface area (Å²) < 4.78 is 5.35. The number of benzene rings is 1. The van der Waals surface area contributed by atoms with Gasteiger partial charge in [0.15, 0.2) is 0 Å². The Kier molecular flexibility index (Phi) is 9.37. The Bertz CT molecular complexity index is 602. The molecule has 0 aliphatic heterocycles. The highest BCUT2D eigenvalue weighted by Gasteiger charge is 2.23. The maximum absolute atomic E-state index is 12.1. The van der Waals surface area contributed by atoms with Gasteiger partial charge in [-0.2, -0.15) is 0 Å². The summed E-state index contributed by atoms with van der Waals surface area (Å²) in [4.78, 5) is 16.4. The number of halogens is 1. The molecule has 1 aromatic carbocycles. The van der Waals surface area contributed by atoms with Crippen molar-refractivity contribution >= 4 is 29.5 Å². The molecule has 1 aromatic rings. The third-order valence-electron chi connectivity index (χ3n) is 2.97. The van der Waals surface area contributed by atoms with Gasteiger partial charge in [-0.15, -0.1) is 0 Å². The molecule has 0 aliphatic rings. The van der Waals surface area contributed by atoms with Gasteiger partial charge in [0.2, 0.25) is 0 Å². The summed E-state index contributed by atoms with van der Waals surface area (Å²) in [5.41, 5.74) is 7.34. The average molecular weight is 353 g/mol. The van der Waals surface area contributed by atoms with Gasteiger partial charge in [-0.25, -0.2) is 0 Å². The van der Waals surface area contributed by atoms with Crippen LogP contribution in [0.5, 0.6) is 0 Å². The normalized spacial score (nSPS) is 13.2. The summed E-state index contributed by atoms with van der Waals surface area (Å²) in [6, 6.07) is 5.50. The molecule has 4 nitrogen and oxygen atoms in total. The molecule has 0 spiro atoms. The van der Waals surface area contributed by atoms with E-state index in [9.17, 15) is 4.79 Å². The average Bonchev–Trinajstić information content (AvgIpc) is 2.51. The van der Waals surface area contributed by atoms with E-state index in [4.69, 9.17) is 22.1 Å². The molecule has 0 amide bonds. The van der Waals surface area contributed by atoms with Crippen LogP contribution in [0.1, 0.15) is 47.1 Å². The Morgan fingerprint density at radius 1 is 1.33 bits per heavy atom. The fraction of sp³-hybridized carbons (Fsp3) is 0.474. The van der Waals surface area contributed by atoms with Crippen molar-refractivity contribution < 1.29 is 9.53 Å². The first-order valence-electron chi connectivity index (χ1n) is 8.09. The highest BCUT2D eigenvalue weighted by Crippen LogP contribution is 2.23. The third-order valence-corrected chi connectivity index (χ3v) is 3.38. The van der Waals surface area contributed by atoms with Crippen molar-refractivity contribution in [1.29, 1.82) is 0 Å². The number of aliphatic imine (C=N–C) groups is 1. The van der Waals surface area contributed by atoms with Crippen LogP contribution in [0.15, 0.2) is 35.0 Å². The zero-order valence-corrected chi connectivity index (χ0v) is 16.4. The minimum atomic E-state index is -0.535. The highest BCUT2D eigenvalue weighted by atomic mass is 35.5. The molecule has 0 radical (unpaired) electrons. The molecule has 134 valence electrons. The lowest BCUT2D eigenvalue weighted by atomic mass is 10.0. The lowest BCUT2D eigenvalue weighted by molar-refractivity contribution is -0.157. The highest BCUT2D eigenvalue weighted by molar-refractivity contribution is 6.31. The van der Waals surface area contributed by atoms with Crippen LogP contribution in [0.4, 0.5) is 5.69 Å². The quantitative estimate of drug-likeness (QED) is 0.598. The summed E-state index contributed by atoms with van der Waals surface area (Å²) >= 11 is 6.06. The number of nitrogens with zero attached hydrogens (tertiary/aromatic N) is 1. The Hall–Kier alpha value is -1.81. The number of carbonyl (C=O) groups excluding carboxylic acids is 1. The monoisotopic (exact) mass is 352 g/mol. The second kappa shape index (κ2) is 10.1. The molecule has 1 atom stereocenters. The molecule has 1 rings (SSSR count). The van der Waals surface area contributed by atoms with Crippen LogP contribution in [-0.4, -0.2) is 17.8 Å². The maximum Gasteiger partial charge on any atom is 0.313 e. The van der Waals surface area contributed by atoms with E-state index in [1.54, 1.807) is 19.2 Å². The van der Waals surface area contributed by atoms with Crippen LogP contribution in [0.3, 0.4) is 0 Å². The summed E-state index contributed by atoms with van der Waals surface area (Å²) in [6.07, 6.45) is 2.93. The van der Waals surface area contributed by atoms with Gasteiger partial charge in [0, 0.05) is 11.2 Å². The second-order valence-electron chi connectivity index (χ2n) is 6.11. The smallest absolute Gasteiger partial charge is 0.313 e. The lowest BCUT2D eigenvalue weighted by Crippen LogP contribution is -2.28. The van der Waals surface area contributed by atoms with Gasteiger partial charge in [0.05, 0.1) is 11.6 Å². The van der Waals surface area contributed by atoms with Crippen molar-refractivity contribution in [3.05, 3.63) is 40.6 Å². The van der Waals surface area contributed by atoms with Crippen molar-refractivity contribution in [3.8, 4) is 0 Å². The summed E-state index contributed by atoms with van der Waals surface area (Å²) in [7, 11) is 0. The standard InChI is InChI=1S/C17H23ClN2O2.C2H6/c1-11-6-7-14(8-15(11)18)20-10-13(9-19)12(2)16(21)22-17(3,4)5;1-2/h6-10,12H,19H2,1-5H3;1-2H3/b13-9+,20-10?;. The van der Waals surface area contributed by atoms with Crippen LogP contribution in [0, 0.1) is 12.8 Å². The first-order chi connectivity index (χ1) is 11.1. The number of hydrogen-bond donors (Lipinski definition) is 1. The lowest BCUT2D eigenvalue weighted by Gasteiger charge is -2.22. The Labute approximate surface area is 150 Å². The molecule has 0 heterocycles. The topological polar surface area (TPSA) is 64.7 Å². The van der Waals surface area contributed by atoms with E-state index in [2.05, 4.69) is 4.99 Å². The first kappa shape index (κ1) is 22.2. The number of aryl methyl sites for hydroxylation is 1. The molecular weight excluding hydrogens is 324 g/mol. The molecule has 24 heavy (non-hydrogen) atoms. The maximum atomic E-state index is 12.1. The minimum absolute atomic E-state index is 0.336. The van der Waals surface area contributed by atoms with E-state index in [0.29, 0.717) is 16.3 Å². The number of carbonyl (C=O) groups is 1. The van der Waals surface area contributed by atoms with Gasteiger partial charge in [-0.1, -0.05) is 31.5 Å². The van der Waals surface area contributed by atoms with Crippen molar-refractivity contribution in [1.82, 2.24) is 0 Å². The van der Waals surface area contributed by atoms with E-state index in [1.165, 1.54) is 6.20 Å². The molecule has 0 saturated heterocycles. The summed E-state index contributed by atoms with van der Waals surface area (Å²) in [6.45, 7) is 13.1. The molecule has 0 saturated carbocycles. The zero-order valence-electron chi connectivity index (χ0n) is 15.7. The largest absolute Gasteiger partial charge is 0.460 e. The van der Waals surface area contributed by atoms with E-state index in [-0.39, 0.29) is 5.97 Å². The molecule has 0 bridgehead atoms. The van der Waals surface area contributed by atoms with E-state index >= 15 is 0 Å². The molecule has 0 aliphatic carbocycles. The van der Waals surface area contributed by atoms with Gasteiger partial charge in [-0.3, -0.25) is 9.79 Å². The zero-order chi connectivity index (χ0) is 18.9. The third kappa shape index (κ3) is 7.64.